The lowest BCUT2D eigenvalue weighted by molar-refractivity contribution is 0.376. The minimum Gasteiger partial charge on any atom is -0.324 e. The standard InChI is InChI=1S/C17H17ClFN/c18-15-10-11(5-8-16(15)19)9-13-7-6-12-3-1-2-4-14(12)17(13)20/h1-5,8,10,13,17H,6-7,9,20H2. The highest BCUT2D eigenvalue weighted by atomic mass is 35.5. The predicted molar refractivity (Wildman–Crippen MR) is 80.3 cm³/mol. The van der Waals surface area contributed by atoms with Gasteiger partial charge in [0.05, 0.1) is 5.02 Å². The van der Waals surface area contributed by atoms with E-state index in [0.717, 1.165) is 24.8 Å². The fourth-order valence-corrected chi connectivity index (χ4v) is 3.26. The number of halogens is 2. The van der Waals surface area contributed by atoms with Gasteiger partial charge in [-0.2, -0.15) is 0 Å². The summed E-state index contributed by atoms with van der Waals surface area (Å²) in [6.07, 6.45) is 2.96. The molecule has 0 aromatic heterocycles. The van der Waals surface area contributed by atoms with E-state index in [1.165, 1.54) is 17.2 Å². The predicted octanol–water partition coefficient (Wildman–Crippen LogP) is 4.28. The average Bonchev–Trinajstić information content (AvgIpc) is 2.46. The highest BCUT2D eigenvalue weighted by Gasteiger charge is 2.26. The van der Waals surface area contributed by atoms with Gasteiger partial charge in [-0.1, -0.05) is 41.9 Å². The smallest absolute Gasteiger partial charge is 0.141 e. The van der Waals surface area contributed by atoms with Crippen molar-refractivity contribution in [2.75, 3.05) is 0 Å². The van der Waals surface area contributed by atoms with Crippen molar-refractivity contribution in [3.63, 3.8) is 0 Å². The van der Waals surface area contributed by atoms with Gasteiger partial charge in [-0.05, 0) is 54.0 Å². The Morgan fingerprint density at radius 1 is 1.20 bits per heavy atom. The summed E-state index contributed by atoms with van der Waals surface area (Å²) in [5.74, 6) is 0.0140. The van der Waals surface area contributed by atoms with Crippen molar-refractivity contribution in [1.29, 1.82) is 0 Å². The van der Waals surface area contributed by atoms with Crippen LogP contribution in [0.5, 0.6) is 0 Å². The highest BCUT2D eigenvalue weighted by Crippen LogP contribution is 2.35. The Kier molecular flexibility index (Phi) is 3.77. The van der Waals surface area contributed by atoms with Gasteiger partial charge in [-0.3, -0.25) is 0 Å². The Morgan fingerprint density at radius 2 is 2.00 bits per heavy atom. The second-order valence-corrected chi connectivity index (χ2v) is 5.88. The first-order valence-electron chi connectivity index (χ1n) is 6.92. The molecule has 0 saturated carbocycles. The molecule has 0 saturated heterocycles. The number of fused-ring (bicyclic) bond motifs is 1. The topological polar surface area (TPSA) is 26.0 Å². The molecule has 3 rings (SSSR count). The van der Waals surface area contributed by atoms with Gasteiger partial charge in [0.15, 0.2) is 0 Å². The Hall–Kier alpha value is -1.38. The van der Waals surface area contributed by atoms with Crippen LogP contribution < -0.4 is 5.73 Å². The molecule has 0 radical (unpaired) electrons. The zero-order chi connectivity index (χ0) is 14.1. The summed E-state index contributed by atoms with van der Waals surface area (Å²) in [4.78, 5) is 0. The van der Waals surface area contributed by atoms with E-state index in [0.29, 0.717) is 5.92 Å². The molecule has 0 aliphatic heterocycles. The lowest BCUT2D eigenvalue weighted by Crippen LogP contribution is -2.28. The van der Waals surface area contributed by atoms with Crippen LogP contribution >= 0.6 is 11.6 Å². The summed E-state index contributed by atoms with van der Waals surface area (Å²) in [5.41, 5.74) is 10.1. The Bertz CT molecular complexity index is 626. The molecule has 3 heteroatoms. The minimum absolute atomic E-state index is 0.0452. The number of rotatable bonds is 2. The van der Waals surface area contributed by atoms with Gasteiger partial charge in [0, 0.05) is 6.04 Å². The van der Waals surface area contributed by atoms with Crippen LogP contribution in [0, 0.1) is 11.7 Å². The molecule has 2 aromatic carbocycles. The maximum atomic E-state index is 13.2. The SMILES string of the molecule is NC1c2ccccc2CCC1Cc1ccc(F)c(Cl)c1. The van der Waals surface area contributed by atoms with Crippen molar-refractivity contribution in [3.8, 4) is 0 Å². The Morgan fingerprint density at radius 3 is 2.80 bits per heavy atom. The van der Waals surface area contributed by atoms with Crippen LogP contribution in [-0.4, -0.2) is 0 Å². The first-order valence-corrected chi connectivity index (χ1v) is 7.30. The fourth-order valence-electron chi connectivity index (χ4n) is 3.06. The fraction of sp³-hybridized carbons (Fsp3) is 0.294. The van der Waals surface area contributed by atoms with Crippen LogP contribution in [0.4, 0.5) is 4.39 Å². The summed E-state index contributed by atoms with van der Waals surface area (Å²) in [6.45, 7) is 0. The minimum atomic E-state index is -0.367. The summed E-state index contributed by atoms with van der Waals surface area (Å²) < 4.78 is 13.2. The number of hydrogen-bond donors (Lipinski definition) is 1. The lowest BCUT2D eigenvalue weighted by atomic mass is 9.77. The second kappa shape index (κ2) is 5.55. The van der Waals surface area contributed by atoms with Gasteiger partial charge in [-0.25, -0.2) is 4.39 Å². The highest BCUT2D eigenvalue weighted by molar-refractivity contribution is 6.30. The van der Waals surface area contributed by atoms with Crippen LogP contribution in [0.25, 0.3) is 0 Å². The third-order valence-electron chi connectivity index (χ3n) is 4.19. The van der Waals surface area contributed by atoms with Crippen molar-refractivity contribution < 1.29 is 4.39 Å². The number of hydrogen-bond acceptors (Lipinski definition) is 1. The number of benzene rings is 2. The summed E-state index contributed by atoms with van der Waals surface area (Å²) >= 11 is 5.84. The molecule has 1 aliphatic carbocycles. The maximum Gasteiger partial charge on any atom is 0.141 e. The molecule has 0 amide bonds. The maximum absolute atomic E-state index is 13.2. The normalized spacial score (nSPS) is 21.6. The molecule has 20 heavy (non-hydrogen) atoms. The van der Waals surface area contributed by atoms with Crippen LogP contribution in [0.1, 0.15) is 29.2 Å². The third-order valence-corrected chi connectivity index (χ3v) is 4.48. The quantitative estimate of drug-likeness (QED) is 0.877. The van der Waals surface area contributed by atoms with E-state index >= 15 is 0 Å². The number of nitrogens with two attached hydrogens (primary N) is 1. The monoisotopic (exact) mass is 289 g/mol. The van der Waals surface area contributed by atoms with E-state index in [1.54, 1.807) is 12.1 Å². The van der Waals surface area contributed by atoms with Gasteiger partial charge < -0.3 is 5.73 Å². The molecule has 0 spiro atoms. The van der Waals surface area contributed by atoms with E-state index in [4.69, 9.17) is 17.3 Å². The molecule has 0 heterocycles. The lowest BCUT2D eigenvalue weighted by Gasteiger charge is -2.31. The van der Waals surface area contributed by atoms with Crippen molar-refractivity contribution >= 4 is 11.6 Å². The molecular formula is C17H17ClFN. The van der Waals surface area contributed by atoms with Gasteiger partial charge in [-0.15, -0.1) is 0 Å². The Labute approximate surface area is 123 Å². The summed E-state index contributed by atoms with van der Waals surface area (Å²) in [6, 6.07) is 13.4. The Balaban J connectivity index is 1.81. The molecule has 1 nitrogen and oxygen atoms in total. The van der Waals surface area contributed by atoms with E-state index in [9.17, 15) is 4.39 Å². The first kappa shape index (κ1) is 13.6. The van der Waals surface area contributed by atoms with Crippen molar-refractivity contribution in [3.05, 3.63) is 70.0 Å². The summed E-state index contributed by atoms with van der Waals surface area (Å²) in [5, 5.41) is 0.187. The molecule has 1 aliphatic rings. The molecule has 2 unspecified atom stereocenters. The second-order valence-electron chi connectivity index (χ2n) is 5.48. The molecular weight excluding hydrogens is 273 g/mol. The number of aryl methyl sites for hydroxylation is 1. The van der Waals surface area contributed by atoms with Crippen LogP contribution in [0.2, 0.25) is 5.02 Å². The molecule has 2 N–H and O–H groups in total. The van der Waals surface area contributed by atoms with E-state index < -0.39 is 0 Å². The van der Waals surface area contributed by atoms with Crippen LogP contribution in [-0.2, 0) is 12.8 Å². The van der Waals surface area contributed by atoms with Crippen LogP contribution in [0.15, 0.2) is 42.5 Å². The molecule has 2 atom stereocenters. The van der Waals surface area contributed by atoms with Gasteiger partial charge in [0.2, 0.25) is 0 Å². The van der Waals surface area contributed by atoms with Crippen LogP contribution in [0.3, 0.4) is 0 Å². The van der Waals surface area contributed by atoms with Gasteiger partial charge in [0.25, 0.3) is 0 Å². The molecule has 2 aromatic rings. The molecule has 0 bridgehead atoms. The van der Waals surface area contributed by atoms with Gasteiger partial charge >= 0.3 is 0 Å². The van der Waals surface area contributed by atoms with Gasteiger partial charge in [0.1, 0.15) is 5.82 Å². The zero-order valence-corrected chi connectivity index (χ0v) is 11.9. The van der Waals surface area contributed by atoms with E-state index in [-0.39, 0.29) is 16.9 Å². The summed E-state index contributed by atoms with van der Waals surface area (Å²) in [7, 11) is 0. The van der Waals surface area contributed by atoms with E-state index in [2.05, 4.69) is 18.2 Å². The zero-order valence-electron chi connectivity index (χ0n) is 11.2. The largest absolute Gasteiger partial charge is 0.324 e. The molecule has 104 valence electrons. The molecule has 0 fully saturated rings. The van der Waals surface area contributed by atoms with Crippen molar-refractivity contribution in [2.45, 2.75) is 25.3 Å². The third kappa shape index (κ3) is 2.58. The first-order chi connectivity index (χ1) is 9.65. The van der Waals surface area contributed by atoms with Crippen molar-refractivity contribution in [2.24, 2.45) is 11.7 Å². The van der Waals surface area contributed by atoms with E-state index in [1.807, 2.05) is 6.07 Å². The average molecular weight is 290 g/mol. The van der Waals surface area contributed by atoms with Crippen molar-refractivity contribution in [1.82, 2.24) is 0 Å².